The number of halogens is 2. The molecule has 1 aromatic heterocycles. The second-order valence-electron chi connectivity index (χ2n) is 12.1. The summed E-state index contributed by atoms with van der Waals surface area (Å²) in [5.74, 6) is -4.17. The molecule has 54 heavy (non-hydrogen) atoms. The summed E-state index contributed by atoms with van der Waals surface area (Å²) in [6.07, 6.45) is 26.3. The molecule has 4 atom stereocenters. The molecule has 1 fully saturated rings. The van der Waals surface area contributed by atoms with E-state index in [0.29, 0.717) is 11.0 Å². The van der Waals surface area contributed by atoms with E-state index in [1.165, 1.54) is 12.1 Å². The van der Waals surface area contributed by atoms with Crippen LogP contribution in [-0.2, 0) is 18.6 Å². The lowest BCUT2D eigenvalue weighted by Gasteiger charge is -2.22. The van der Waals surface area contributed by atoms with Gasteiger partial charge in [0.1, 0.15) is 17.7 Å². The number of nitrogen functional groups attached to an aromatic ring is 1. The number of nitrogens with one attached hydrogen (secondary N) is 2. The van der Waals surface area contributed by atoms with E-state index in [1.54, 1.807) is 18.2 Å². The van der Waals surface area contributed by atoms with E-state index in [0.717, 1.165) is 50.8 Å². The lowest BCUT2D eigenvalue weighted by atomic mass is 10.1. The Morgan fingerprint density at radius 2 is 1.52 bits per heavy atom. The fourth-order valence-corrected chi connectivity index (χ4v) is 6.28. The van der Waals surface area contributed by atoms with Crippen molar-refractivity contribution in [2.45, 2.75) is 82.6 Å². The van der Waals surface area contributed by atoms with Crippen LogP contribution >= 0.6 is 7.75 Å². The van der Waals surface area contributed by atoms with Gasteiger partial charge >= 0.3 is 19.4 Å². The number of ether oxygens (including phenoxy) is 1. The van der Waals surface area contributed by atoms with E-state index in [-0.39, 0.29) is 37.0 Å². The summed E-state index contributed by atoms with van der Waals surface area (Å²) in [6, 6.07) is 9.13. The summed E-state index contributed by atoms with van der Waals surface area (Å²) in [5, 5.41) is 15.7. The van der Waals surface area contributed by atoms with Crippen LogP contribution in [0, 0.1) is 0 Å². The molecular formula is C39H52F2N5O7P. The second-order valence-corrected chi connectivity index (χ2v) is 13.8. The van der Waals surface area contributed by atoms with Gasteiger partial charge in [-0.15, -0.1) is 0 Å². The Labute approximate surface area is 315 Å². The SMILES string of the molecule is CC/C=C\C/C=C\C/C=C\C/C=C\C/C=C\C/C=C\CCC(=O)NCCNP(=O)(OC[C@H]1O[C@@H](n2ccc(N)nc2=O)C(F)(F)[C@@H]1O)Oc1ccccc1. The molecule has 0 bridgehead atoms. The molecule has 0 radical (unpaired) electrons. The second kappa shape index (κ2) is 24.0. The lowest BCUT2D eigenvalue weighted by Crippen LogP contribution is -2.42. The zero-order valence-electron chi connectivity index (χ0n) is 30.6. The maximum absolute atomic E-state index is 15.0. The number of benzene rings is 1. The lowest BCUT2D eigenvalue weighted by molar-refractivity contribution is -0.140. The van der Waals surface area contributed by atoms with Crippen molar-refractivity contribution < 1.29 is 37.0 Å². The summed E-state index contributed by atoms with van der Waals surface area (Å²) in [6.45, 7) is 1.33. The molecule has 2 heterocycles. The number of allylic oxidation sites excluding steroid dienone is 12. The minimum Gasteiger partial charge on any atom is -0.413 e. The van der Waals surface area contributed by atoms with Gasteiger partial charge in [-0.2, -0.15) is 13.8 Å². The Morgan fingerprint density at radius 3 is 2.09 bits per heavy atom. The highest BCUT2D eigenvalue weighted by molar-refractivity contribution is 7.52. The van der Waals surface area contributed by atoms with Crippen molar-refractivity contribution in [1.82, 2.24) is 20.0 Å². The minimum atomic E-state index is -4.25. The van der Waals surface area contributed by atoms with Crippen molar-refractivity contribution in [3.05, 3.63) is 126 Å². The highest BCUT2D eigenvalue weighted by Gasteiger charge is 2.60. The zero-order chi connectivity index (χ0) is 39.1. The van der Waals surface area contributed by atoms with Crippen LogP contribution in [-0.4, -0.2) is 58.4 Å². The van der Waals surface area contributed by atoms with Crippen LogP contribution in [0.15, 0.2) is 120 Å². The Bertz CT molecular complexity index is 1710. The summed E-state index contributed by atoms with van der Waals surface area (Å²) in [4.78, 5) is 27.9. The largest absolute Gasteiger partial charge is 0.458 e. The van der Waals surface area contributed by atoms with Gasteiger partial charge in [0, 0.05) is 25.7 Å². The predicted molar refractivity (Wildman–Crippen MR) is 207 cm³/mol. The van der Waals surface area contributed by atoms with E-state index in [4.69, 9.17) is 19.5 Å². The molecule has 15 heteroatoms. The number of carbonyl (C=O) groups is 1. The number of hydrogen-bond acceptors (Lipinski definition) is 9. The van der Waals surface area contributed by atoms with Gasteiger partial charge < -0.3 is 25.4 Å². The van der Waals surface area contributed by atoms with E-state index in [9.17, 15) is 28.0 Å². The van der Waals surface area contributed by atoms with Gasteiger partial charge in [-0.05, 0) is 63.1 Å². The Hall–Kier alpha value is -4.46. The molecule has 1 saturated heterocycles. The number of amides is 1. The predicted octanol–water partition coefficient (Wildman–Crippen LogP) is 7.11. The normalized spacial score (nSPS) is 20.0. The molecule has 1 aliphatic rings. The monoisotopic (exact) mass is 771 g/mol. The Morgan fingerprint density at radius 1 is 0.944 bits per heavy atom. The first-order valence-electron chi connectivity index (χ1n) is 18.0. The number of hydrogen-bond donors (Lipinski definition) is 4. The van der Waals surface area contributed by atoms with E-state index < -0.39 is 44.4 Å². The fraction of sp³-hybridized carbons (Fsp3) is 0.410. The molecule has 0 saturated carbocycles. The molecule has 2 aromatic rings. The van der Waals surface area contributed by atoms with Crippen molar-refractivity contribution >= 4 is 19.5 Å². The Kier molecular flexibility index (Phi) is 19.6. The third-order valence-corrected chi connectivity index (χ3v) is 9.30. The van der Waals surface area contributed by atoms with Crippen LogP contribution in [0.25, 0.3) is 0 Å². The quantitative estimate of drug-likeness (QED) is 0.0491. The number of aliphatic hydroxyl groups is 1. The molecular weight excluding hydrogens is 719 g/mol. The van der Waals surface area contributed by atoms with Crippen molar-refractivity contribution in [3.8, 4) is 5.75 Å². The molecule has 0 aliphatic carbocycles. The van der Waals surface area contributed by atoms with Gasteiger partial charge in [-0.25, -0.2) is 14.4 Å². The summed E-state index contributed by atoms with van der Waals surface area (Å²) in [7, 11) is -4.25. The van der Waals surface area contributed by atoms with E-state index in [2.05, 4.69) is 83.1 Å². The number of rotatable bonds is 24. The van der Waals surface area contributed by atoms with Crippen LogP contribution in [0.1, 0.15) is 64.5 Å². The molecule has 1 amide bonds. The summed E-state index contributed by atoms with van der Waals surface area (Å²) < 4.78 is 60.4. The van der Waals surface area contributed by atoms with Gasteiger partial charge in [0.05, 0.1) is 6.61 Å². The van der Waals surface area contributed by atoms with Gasteiger partial charge in [0.25, 0.3) is 0 Å². The van der Waals surface area contributed by atoms with Crippen LogP contribution < -0.4 is 26.4 Å². The maximum Gasteiger partial charge on any atom is 0.458 e. The summed E-state index contributed by atoms with van der Waals surface area (Å²) >= 11 is 0. The maximum atomic E-state index is 15.0. The average molecular weight is 772 g/mol. The number of anilines is 1. The third kappa shape index (κ3) is 15.9. The molecule has 294 valence electrons. The van der Waals surface area contributed by atoms with E-state index >= 15 is 0 Å². The molecule has 3 rings (SSSR count). The molecule has 1 unspecified atom stereocenters. The molecule has 1 aliphatic heterocycles. The standard InChI is InChI=1S/C39H52F2N5O7P/c1-2-3-4-5-6-7-8-9-10-11-12-13-14-15-16-17-18-19-23-26-35(47)43-28-29-44-54(50,53-32-24-21-20-22-25-32)51-31-33-36(48)39(40,41)37(52-33)46-30-27-34(42)45-38(46)49/h3-4,6-7,9-10,12-13,15-16,18-22,24-25,27,30,33,36-37,48H,2,5,8,11,14,17,23,26,28-29,31H2,1H3,(H,43,47)(H,44,50)(H2,42,45,49)/b4-3-,7-6-,10-9-,13-12-,16-15-,19-18-/t33-,36-,37-,54?/m1/s1. The number of para-hydroxylation sites is 1. The molecule has 0 spiro atoms. The topological polar surface area (TPSA) is 167 Å². The van der Waals surface area contributed by atoms with Crippen molar-refractivity contribution in [1.29, 1.82) is 0 Å². The first kappa shape index (κ1) is 43.9. The van der Waals surface area contributed by atoms with Gasteiger partial charge in [0.2, 0.25) is 12.1 Å². The van der Waals surface area contributed by atoms with Crippen LogP contribution in [0.3, 0.4) is 0 Å². The molecule has 1 aromatic carbocycles. The minimum absolute atomic E-state index is 0.0594. The number of alkyl halides is 2. The molecule has 5 N–H and O–H groups in total. The fourth-order valence-electron chi connectivity index (χ4n) is 4.94. The van der Waals surface area contributed by atoms with Crippen molar-refractivity contribution in [2.24, 2.45) is 0 Å². The molecule has 12 nitrogen and oxygen atoms in total. The van der Waals surface area contributed by atoms with Crippen LogP contribution in [0.2, 0.25) is 0 Å². The number of nitrogens with two attached hydrogens (primary N) is 1. The first-order valence-corrected chi connectivity index (χ1v) is 19.6. The van der Waals surface area contributed by atoms with Gasteiger partial charge in [0.15, 0.2) is 6.10 Å². The number of aliphatic hydroxyl groups excluding tert-OH is 1. The van der Waals surface area contributed by atoms with Gasteiger partial charge in [-0.1, -0.05) is 98.0 Å². The third-order valence-electron chi connectivity index (χ3n) is 7.75. The highest BCUT2D eigenvalue weighted by Crippen LogP contribution is 2.47. The average Bonchev–Trinajstić information content (AvgIpc) is 3.37. The zero-order valence-corrected chi connectivity index (χ0v) is 31.4. The number of nitrogens with zero attached hydrogens (tertiary/aromatic N) is 2. The van der Waals surface area contributed by atoms with Gasteiger partial charge in [-0.3, -0.25) is 13.9 Å². The summed E-state index contributed by atoms with van der Waals surface area (Å²) in [5.41, 5.74) is 4.34. The Balaban J connectivity index is 1.36. The smallest absolute Gasteiger partial charge is 0.413 e. The van der Waals surface area contributed by atoms with Crippen molar-refractivity contribution in [3.63, 3.8) is 0 Å². The number of carbonyl (C=O) groups excluding carboxylic acids is 1. The first-order chi connectivity index (χ1) is 26.1. The van der Waals surface area contributed by atoms with Crippen LogP contribution in [0.4, 0.5) is 14.6 Å². The highest BCUT2D eigenvalue weighted by atomic mass is 31.2. The van der Waals surface area contributed by atoms with Crippen molar-refractivity contribution in [2.75, 3.05) is 25.4 Å². The van der Waals surface area contributed by atoms with Crippen LogP contribution in [0.5, 0.6) is 5.75 Å². The number of aromatic nitrogens is 2. The van der Waals surface area contributed by atoms with E-state index in [1.807, 2.05) is 12.2 Å².